The molecule has 144 valence electrons. The Hall–Kier alpha value is -2.65. The lowest BCUT2D eigenvalue weighted by Gasteiger charge is -2.27. The molecule has 1 unspecified atom stereocenters. The quantitative estimate of drug-likeness (QED) is 0.414. The molecular weight excluding hydrogens is 381 g/mol. The molecule has 1 N–H and O–H groups in total. The van der Waals surface area contributed by atoms with Crippen LogP contribution in [0.2, 0.25) is 0 Å². The van der Waals surface area contributed by atoms with Crippen molar-refractivity contribution in [3.63, 3.8) is 0 Å². The van der Waals surface area contributed by atoms with Gasteiger partial charge in [0.05, 0.1) is 22.5 Å². The fourth-order valence-electron chi connectivity index (χ4n) is 3.17. The smallest absolute Gasteiger partial charge is 0.411 e. The van der Waals surface area contributed by atoms with Crippen molar-refractivity contribution in [2.75, 3.05) is 0 Å². The van der Waals surface area contributed by atoms with E-state index >= 15 is 0 Å². The first-order chi connectivity index (χ1) is 12.5. The molecule has 1 aromatic heterocycles. The average molecular weight is 392 g/mol. The van der Waals surface area contributed by atoms with Gasteiger partial charge < -0.3 is 5.21 Å². The van der Waals surface area contributed by atoms with Crippen LogP contribution in [0.4, 0.5) is 30.7 Å². The fourth-order valence-corrected chi connectivity index (χ4v) is 3.17. The van der Waals surface area contributed by atoms with Gasteiger partial charge in [-0.3, -0.25) is 4.98 Å². The second kappa shape index (κ2) is 6.50. The number of halogens is 7. The van der Waals surface area contributed by atoms with Gasteiger partial charge in [0.15, 0.2) is 0 Å². The molecular formula is C17H11F7N2O. The second-order valence-electron chi connectivity index (χ2n) is 6.03. The molecule has 1 atom stereocenters. The third-order valence-electron chi connectivity index (χ3n) is 4.36. The standard InChI is InChI=1S/C17H11F7N2O/c18-10-2-4-11-8(5-10)1-3-12(14(11)26-27)15-13(17(22,23)24)6-9(7-25-15)16(19,20)21/h2,4-7,12,27H,1,3H2/b26-14+. The second-order valence-corrected chi connectivity index (χ2v) is 6.03. The summed E-state index contributed by atoms with van der Waals surface area (Å²) in [6, 6.07) is 3.47. The van der Waals surface area contributed by atoms with Gasteiger partial charge in [-0.25, -0.2) is 4.39 Å². The van der Waals surface area contributed by atoms with Crippen molar-refractivity contribution < 1.29 is 35.9 Å². The summed E-state index contributed by atoms with van der Waals surface area (Å²) in [6.45, 7) is 0. The summed E-state index contributed by atoms with van der Waals surface area (Å²) in [7, 11) is 0. The summed E-state index contributed by atoms with van der Waals surface area (Å²) < 4.78 is 91.9. The molecule has 0 saturated carbocycles. The maximum atomic E-state index is 13.4. The molecule has 0 bridgehead atoms. The number of benzene rings is 1. The summed E-state index contributed by atoms with van der Waals surface area (Å²) in [5.74, 6) is -1.75. The van der Waals surface area contributed by atoms with Crippen molar-refractivity contribution in [2.45, 2.75) is 31.1 Å². The van der Waals surface area contributed by atoms with Gasteiger partial charge in [-0.05, 0) is 42.7 Å². The van der Waals surface area contributed by atoms with E-state index in [1.54, 1.807) is 0 Å². The molecule has 3 rings (SSSR count). The van der Waals surface area contributed by atoms with Crippen LogP contribution in [0.3, 0.4) is 0 Å². The monoisotopic (exact) mass is 392 g/mol. The minimum atomic E-state index is -5.09. The molecule has 0 saturated heterocycles. The Labute approximate surface area is 148 Å². The molecule has 0 aliphatic heterocycles. The highest BCUT2D eigenvalue weighted by Crippen LogP contribution is 2.42. The largest absolute Gasteiger partial charge is 0.418 e. The van der Waals surface area contributed by atoms with E-state index in [4.69, 9.17) is 0 Å². The van der Waals surface area contributed by atoms with Crippen LogP contribution in [0.5, 0.6) is 0 Å². The Morgan fingerprint density at radius 3 is 2.33 bits per heavy atom. The van der Waals surface area contributed by atoms with Gasteiger partial charge in [0.25, 0.3) is 0 Å². The number of oxime groups is 1. The molecule has 27 heavy (non-hydrogen) atoms. The number of aromatic nitrogens is 1. The first kappa shape index (κ1) is 19.1. The highest BCUT2D eigenvalue weighted by atomic mass is 19.4. The van der Waals surface area contributed by atoms with E-state index in [1.807, 2.05) is 0 Å². The highest BCUT2D eigenvalue weighted by Gasteiger charge is 2.42. The Morgan fingerprint density at radius 1 is 1.04 bits per heavy atom. The predicted octanol–water partition coefficient (Wildman–Crippen LogP) is 5.17. The molecule has 0 amide bonds. The molecule has 1 aliphatic rings. The van der Waals surface area contributed by atoms with Crippen molar-refractivity contribution in [2.24, 2.45) is 5.16 Å². The number of fused-ring (bicyclic) bond motifs is 1. The molecule has 1 heterocycles. The molecule has 1 aliphatic carbocycles. The van der Waals surface area contributed by atoms with E-state index in [1.165, 1.54) is 12.1 Å². The molecule has 3 nitrogen and oxygen atoms in total. The highest BCUT2D eigenvalue weighted by molar-refractivity contribution is 6.06. The Morgan fingerprint density at radius 2 is 1.74 bits per heavy atom. The lowest BCUT2D eigenvalue weighted by Crippen LogP contribution is -2.26. The number of hydrogen-bond donors (Lipinski definition) is 1. The average Bonchev–Trinajstić information content (AvgIpc) is 2.58. The van der Waals surface area contributed by atoms with Gasteiger partial charge in [0.2, 0.25) is 0 Å². The van der Waals surface area contributed by atoms with Crippen molar-refractivity contribution in [3.05, 3.63) is 64.2 Å². The van der Waals surface area contributed by atoms with Crippen LogP contribution in [-0.2, 0) is 18.8 Å². The van der Waals surface area contributed by atoms with Crippen LogP contribution >= 0.6 is 0 Å². The first-order valence-electron chi connectivity index (χ1n) is 7.67. The topological polar surface area (TPSA) is 45.5 Å². The summed E-state index contributed by atoms with van der Waals surface area (Å²) in [5.41, 5.74) is -3.29. The van der Waals surface area contributed by atoms with E-state index in [-0.39, 0.29) is 30.2 Å². The van der Waals surface area contributed by atoms with E-state index < -0.39 is 40.9 Å². The van der Waals surface area contributed by atoms with Gasteiger partial charge >= 0.3 is 12.4 Å². The van der Waals surface area contributed by atoms with E-state index in [9.17, 15) is 35.9 Å². The summed E-state index contributed by atoms with van der Waals surface area (Å²) >= 11 is 0. The van der Waals surface area contributed by atoms with Gasteiger partial charge in [-0.2, -0.15) is 26.3 Å². The minimum absolute atomic E-state index is 0.00247. The van der Waals surface area contributed by atoms with Crippen molar-refractivity contribution in [1.29, 1.82) is 0 Å². The Bertz CT molecular complexity index is 903. The molecule has 10 heteroatoms. The van der Waals surface area contributed by atoms with Gasteiger partial charge in [0, 0.05) is 17.7 Å². The van der Waals surface area contributed by atoms with Crippen LogP contribution in [0.15, 0.2) is 35.6 Å². The molecule has 2 aromatic rings. The van der Waals surface area contributed by atoms with Crippen molar-refractivity contribution >= 4 is 5.71 Å². The number of hydrogen-bond acceptors (Lipinski definition) is 3. The number of pyridine rings is 1. The zero-order valence-corrected chi connectivity index (χ0v) is 13.4. The van der Waals surface area contributed by atoms with Gasteiger partial charge in [-0.1, -0.05) is 5.16 Å². The summed E-state index contributed by atoms with van der Waals surface area (Å²) in [5, 5.41) is 12.4. The maximum Gasteiger partial charge on any atom is 0.418 e. The molecule has 0 spiro atoms. The zero-order valence-electron chi connectivity index (χ0n) is 13.4. The van der Waals surface area contributed by atoms with Crippen LogP contribution in [0.1, 0.15) is 40.3 Å². The maximum absolute atomic E-state index is 13.4. The lowest BCUT2D eigenvalue weighted by molar-refractivity contribution is -0.144. The van der Waals surface area contributed by atoms with Crippen LogP contribution in [0.25, 0.3) is 0 Å². The zero-order chi connectivity index (χ0) is 20.0. The van der Waals surface area contributed by atoms with Gasteiger partial charge in [-0.15, -0.1) is 0 Å². The Kier molecular flexibility index (Phi) is 4.61. The number of alkyl halides is 6. The van der Waals surface area contributed by atoms with Crippen LogP contribution in [0, 0.1) is 5.82 Å². The van der Waals surface area contributed by atoms with E-state index in [0.717, 1.165) is 6.07 Å². The predicted molar refractivity (Wildman–Crippen MR) is 80.0 cm³/mol. The first-order valence-corrected chi connectivity index (χ1v) is 7.67. The SMILES string of the molecule is O/N=C1\c2ccc(F)cc2CCC1c1ncc(C(F)(F)F)cc1C(F)(F)F. The van der Waals surface area contributed by atoms with E-state index in [2.05, 4.69) is 10.1 Å². The third-order valence-corrected chi connectivity index (χ3v) is 4.36. The fraction of sp³-hybridized carbons (Fsp3) is 0.294. The van der Waals surface area contributed by atoms with Crippen LogP contribution < -0.4 is 0 Å². The Balaban J connectivity index is 2.14. The number of nitrogens with zero attached hydrogens (tertiary/aromatic N) is 2. The third kappa shape index (κ3) is 3.60. The lowest BCUT2D eigenvalue weighted by atomic mass is 9.79. The molecule has 0 fully saturated rings. The number of aryl methyl sites for hydroxylation is 1. The summed E-state index contributed by atoms with van der Waals surface area (Å²) in [6.07, 6.45) is -9.64. The van der Waals surface area contributed by atoms with Crippen LogP contribution in [-0.4, -0.2) is 15.9 Å². The normalized spacial score (nSPS) is 19.2. The summed E-state index contributed by atoms with van der Waals surface area (Å²) in [4.78, 5) is 3.42. The molecule has 1 aromatic carbocycles. The number of rotatable bonds is 1. The van der Waals surface area contributed by atoms with Crippen molar-refractivity contribution in [3.8, 4) is 0 Å². The minimum Gasteiger partial charge on any atom is -0.411 e. The van der Waals surface area contributed by atoms with Crippen molar-refractivity contribution in [1.82, 2.24) is 4.98 Å². The van der Waals surface area contributed by atoms with E-state index in [0.29, 0.717) is 11.8 Å². The molecule has 0 radical (unpaired) electrons. The van der Waals surface area contributed by atoms with Gasteiger partial charge in [0.1, 0.15) is 5.82 Å².